The first-order valence-corrected chi connectivity index (χ1v) is 20.7. The molecule has 0 atom stereocenters. The predicted molar refractivity (Wildman–Crippen MR) is 241 cm³/mol. The summed E-state index contributed by atoms with van der Waals surface area (Å²) >= 11 is 0. The third kappa shape index (κ3) is 9.61. The average Bonchev–Trinajstić information content (AvgIpc) is 4.11. The van der Waals surface area contributed by atoms with Crippen LogP contribution in [0.3, 0.4) is 0 Å². The van der Waals surface area contributed by atoms with Crippen molar-refractivity contribution in [1.82, 2.24) is 0 Å². The molecule has 0 aliphatic carbocycles. The maximum absolute atomic E-state index is 13.0. The highest BCUT2D eigenvalue weighted by Gasteiger charge is 2.33. The number of hydrogen-bond acceptors (Lipinski definition) is 10. The van der Waals surface area contributed by atoms with Gasteiger partial charge in [-0.05, 0) is 133 Å². The molecule has 6 aliphatic rings. The Morgan fingerprint density at radius 2 is 1.08 bits per heavy atom. The number of benzene rings is 5. The number of anilines is 1. The van der Waals surface area contributed by atoms with Gasteiger partial charge in [0.25, 0.3) is 5.69 Å². The Morgan fingerprint density at radius 1 is 0.583 bits per heavy atom. The smallest absolute Gasteiger partial charge is 0.446 e. The van der Waals surface area contributed by atoms with Gasteiger partial charge in [-0.3, -0.25) is 10.1 Å². The van der Waals surface area contributed by atoms with Crippen molar-refractivity contribution in [2.45, 2.75) is 77.2 Å². The molecule has 6 heterocycles. The molecule has 18 heteroatoms. The largest absolute Gasteiger partial charge is 0.491 e. The van der Waals surface area contributed by atoms with Crippen molar-refractivity contribution in [1.29, 1.82) is 0 Å². The summed E-state index contributed by atoms with van der Waals surface area (Å²) in [6.45, 7) is 0.609. The lowest BCUT2D eigenvalue weighted by Gasteiger charge is -2.04. The second kappa shape index (κ2) is 18.9. The highest BCUT2D eigenvalue weighted by Crippen LogP contribution is 2.20. The molecule has 0 amide bonds. The highest BCUT2D eigenvalue weighted by molar-refractivity contribution is 6.70. The summed E-state index contributed by atoms with van der Waals surface area (Å²) in [6.07, 6.45) is 8.43. The maximum Gasteiger partial charge on any atom is 0.491 e. The van der Waals surface area contributed by atoms with Crippen LogP contribution in [0.25, 0.3) is 0 Å². The Bertz CT molecular complexity index is 2280. The Labute approximate surface area is 351 Å². The number of nitrogen functional groups attached to an aromatic ring is 1. The van der Waals surface area contributed by atoms with Gasteiger partial charge in [0.1, 0.15) is 5.82 Å². The third-order valence-electron chi connectivity index (χ3n) is 12.3. The van der Waals surface area contributed by atoms with E-state index in [1.807, 2.05) is 36.4 Å². The summed E-state index contributed by atoms with van der Waals surface area (Å²) in [5, 5.41) is 67.4. The van der Waals surface area contributed by atoms with Crippen molar-refractivity contribution in [2.75, 3.05) is 5.73 Å². The van der Waals surface area contributed by atoms with E-state index in [2.05, 4.69) is 25.1 Å². The number of halogens is 1. The SMILES string of the molecule is Cc1cccc2c1B(O)CC2.Nc1ccc2c(c1)B(O)CC2.O=[N+]([O-])c1ccc2c(c1)B(O)CC2.OB1CCc2cc3c(cc21)COB3O.OB1CCc2cccc(F)c21. The number of aryl methyl sites for hydroxylation is 6. The lowest BCUT2D eigenvalue weighted by atomic mass is 9.61. The number of nitro benzene ring substituents is 1. The van der Waals surface area contributed by atoms with Crippen LogP contribution < -0.4 is 38.5 Å². The molecule has 11 nitrogen and oxygen atoms in total. The molecule has 0 radical (unpaired) electrons. The minimum Gasteiger partial charge on any atom is -0.446 e. The van der Waals surface area contributed by atoms with Crippen LogP contribution >= 0.6 is 0 Å². The van der Waals surface area contributed by atoms with Crippen molar-refractivity contribution in [3.8, 4) is 0 Å². The number of nitro groups is 1. The molecule has 5 aromatic rings. The molecule has 0 bridgehead atoms. The van der Waals surface area contributed by atoms with Crippen LogP contribution in [0.4, 0.5) is 15.8 Å². The van der Waals surface area contributed by atoms with Crippen LogP contribution in [0.1, 0.15) is 38.9 Å². The number of nitrogens with zero attached hydrogens (tertiary/aromatic N) is 1. The van der Waals surface area contributed by atoms with Crippen LogP contribution in [0.2, 0.25) is 31.6 Å². The minimum absolute atomic E-state index is 0.0553. The molecule has 6 aliphatic heterocycles. The molecule has 0 saturated carbocycles. The normalized spacial score (nSPS) is 15.9. The first-order valence-electron chi connectivity index (χ1n) is 20.7. The van der Waals surface area contributed by atoms with Gasteiger partial charge in [0, 0.05) is 17.8 Å². The number of fused-ring (bicyclic) bond motifs is 6. The van der Waals surface area contributed by atoms with E-state index in [0.717, 1.165) is 95.4 Å². The fraction of sp³-hybridized carbons (Fsp3) is 0.286. The summed E-state index contributed by atoms with van der Waals surface area (Å²) in [5.41, 5.74) is 19.6. The second-order valence-electron chi connectivity index (χ2n) is 16.2. The summed E-state index contributed by atoms with van der Waals surface area (Å²) < 4.78 is 18.1. The van der Waals surface area contributed by atoms with Crippen molar-refractivity contribution in [3.05, 3.63) is 140 Å². The zero-order valence-electron chi connectivity index (χ0n) is 33.6. The van der Waals surface area contributed by atoms with E-state index in [-0.39, 0.29) is 32.3 Å². The molecule has 8 N–H and O–H groups in total. The van der Waals surface area contributed by atoms with E-state index in [0.29, 0.717) is 30.2 Å². The molecule has 11 rings (SSSR count). The minimum atomic E-state index is -0.770. The van der Waals surface area contributed by atoms with Gasteiger partial charge < -0.3 is 40.5 Å². The lowest BCUT2D eigenvalue weighted by Crippen LogP contribution is -2.32. The Morgan fingerprint density at radius 3 is 1.70 bits per heavy atom. The first-order chi connectivity index (χ1) is 28.8. The number of non-ortho nitro benzene ring substituents is 1. The van der Waals surface area contributed by atoms with Gasteiger partial charge in [-0.25, -0.2) is 4.39 Å². The molecule has 304 valence electrons. The molecule has 0 saturated heterocycles. The summed E-state index contributed by atoms with van der Waals surface area (Å²) in [7, 11) is -0.770. The zero-order valence-corrected chi connectivity index (χ0v) is 33.6. The number of nitrogens with two attached hydrogens (primary N) is 1. The molecular formula is C42H47B6FN2O9. The van der Waals surface area contributed by atoms with Gasteiger partial charge in [0.2, 0.25) is 0 Å². The number of rotatable bonds is 1. The molecule has 0 spiro atoms. The lowest BCUT2D eigenvalue weighted by molar-refractivity contribution is -0.384. The Balaban J connectivity index is 0.000000114. The van der Waals surface area contributed by atoms with Crippen molar-refractivity contribution >= 4 is 85.8 Å². The van der Waals surface area contributed by atoms with Crippen molar-refractivity contribution < 1.29 is 44.1 Å². The average molecular weight is 808 g/mol. The maximum atomic E-state index is 13.0. The number of hydrogen-bond donors (Lipinski definition) is 7. The topological polar surface area (TPSA) is 200 Å². The molecule has 0 aromatic heterocycles. The van der Waals surface area contributed by atoms with Gasteiger partial charge in [-0.1, -0.05) is 82.4 Å². The van der Waals surface area contributed by atoms with E-state index in [9.17, 15) is 44.6 Å². The quantitative estimate of drug-likeness (QED) is 0.0536. The summed E-state index contributed by atoms with van der Waals surface area (Å²) in [4.78, 5) is 9.99. The van der Waals surface area contributed by atoms with Crippen LogP contribution in [-0.4, -0.2) is 76.8 Å². The monoisotopic (exact) mass is 808 g/mol. The van der Waals surface area contributed by atoms with E-state index in [1.54, 1.807) is 12.1 Å². The van der Waals surface area contributed by atoms with Gasteiger partial charge in [0.15, 0.2) is 0 Å². The third-order valence-corrected chi connectivity index (χ3v) is 12.3. The van der Waals surface area contributed by atoms with Crippen LogP contribution in [0.5, 0.6) is 0 Å². The molecule has 5 aromatic carbocycles. The zero-order chi connectivity index (χ0) is 42.7. The van der Waals surface area contributed by atoms with Crippen LogP contribution in [-0.2, 0) is 43.4 Å². The van der Waals surface area contributed by atoms with E-state index < -0.39 is 25.9 Å². The second-order valence-corrected chi connectivity index (χ2v) is 16.2. The molecule has 0 fully saturated rings. The van der Waals surface area contributed by atoms with Gasteiger partial charge >= 0.3 is 41.7 Å². The Hall–Kier alpha value is -4.66. The predicted octanol–water partition coefficient (Wildman–Crippen LogP) is 0.323. The van der Waals surface area contributed by atoms with E-state index in [4.69, 9.17) is 10.4 Å². The molecular weight excluding hydrogens is 760 g/mol. The standard InChI is InChI=1S/C9H10B2O3.C9H11BO.C8H8BFO.C8H8BNO3.C8H10BNO/c12-10-2-1-6-3-9-7(4-8(6)10)5-14-11(9)13;1-7-3-2-4-8-5-6-10(11)9(7)8;10-7-3-1-2-6-4-5-9(11)8(6)7;11-9-4-3-6-1-2-7(10(12)13)5-8(6)9;10-7-2-1-6-3-4-9(11)8(6)5-7/h3-4,12-13H,1-2,5H2;2-4,11H,5-6H2,1H3;1-3,11H,4-5H2;1-2,5,11H,3-4H2;1-2,5,11H,3-4,10H2. The van der Waals surface area contributed by atoms with Crippen molar-refractivity contribution in [3.63, 3.8) is 0 Å². The van der Waals surface area contributed by atoms with Crippen LogP contribution in [0, 0.1) is 22.9 Å². The van der Waals surface area contributed by atoms with Gasteiger partial charge in [-0.15, -0.1) is 0 Å². The van der Waals surface area contributed by atoms with Gasteiger partial charge in [-0.2, -0.15) is 0 Å². The Kier molecular flexibility index (Phi) is 13.7. The van der Waals surface area contributed by atoms with E-state index in [1.165, 1.54) is 40.4 Å². The summed E-state index contributed by atoms with van der Waals surface area (Å²) in [6, 6.07) is 25.6. The highest BCUT2D eigenvalue weighted by atomic mass is 19.1. The van der Waals surface area contributed by atoms with Crippen molar-refractivity contribution in [2.24, 2.45) is 0 Å². The van der Waals surface area contributed by atoms with Crippen LogP contribution in [0.15, 0.2) is 84.9 Å². The fourth-order valence-electron chi connectivity index (χ4n) is 9.08. The van der Waals surface area contributed by atoms with E-state index >= 15 is 0 Å². The fourth-order valence-corrected chi connectivity index (χ4v) is 9.08. The molecule has 0 unspecified atom stereocenters. The molecule has 60 heavy (non-hydrogen) atoms. The van der Waals surface area contributed by atoms with Gasteiger partial charge in [0.05, 0.1) is 11.5 Å². The summed E-state index contributed by atoms with van der Waals surface area (Å²) in [5.74, 6) is -0.271. The first kappa shape index (κ1) is 43.4.